The van der Waals surface area contributed by atoms with Crippen molar-refractivity contribution in [3.05, 3.63) is 23.9 Å². The van der Waals surface area contributed by atoms with E-state index in [-0.39, 0.29) is 0 Å². The maximum absolute atomic E-state index is 4.36. The fraction of sp³-hybridized carbons (Fsp3) is 0.583. The summed E-state index contributed by atoms with van der Waals surface area (Å²) in [4.78, 5) is 6.68. The van der Waals surface area contributed by atoms with E-state index >= 15 is 0 Å². The molecule has 2 rings (SSSR count). The van der Waals surface area contributed by atoms with E-state index < -0.39 is 0 Å². The molecule has 1 aliphatic rings. The molecule has 3 nitrogen and oxygen atoms in total. The number of nitrogens with zero attached hydrogens (tertiary/aromatic N) is 2. The molecule has 0 spiro atoms. The lowest BCUT2D eigenvalue weighted by molar-refractivity contribution is 0.585. The van der Waals surface area contributed by atoms with E-state index in [1.807, 2.05) is 26.1 Å². The minimum atomic E-state index is 1.07. The molecule has 0 unspecified atom stereocenters. The molecule has 3 heteroatoms. The molecule has 84 valence electrons. The lowest BCUT2D eigenvalue weighted by Crippen LogP contribution is -2.43. The first-order valence-electron chi connectivity index (χ1n) is 5.74. The second-order valence-corrected chi connectivity index (χ2v) is 3.43. The van der Waals surface area contributed by atoms with E-state index in [1.54, 1.807) is 0 Å². The van der Waals surface area contributed by atoms with Crippen LogP contribution < -0.4 is 10.2 Å². The van der Waals surface area contributed by atoms with Gasteiger partial charge in [-0.1, -0.05) is 13.8 Å². The minimum absolute atomic E-state index is 1.07. The Morgan fingerprint density at radius 1 is 1.27 bits per heavy atom. The van der Waals surface area contributed by atoms with E-state index in [9.17, 15) is 0 Å². The van der Waals surface area contributed by atoms with Gasteiger partial charge in [0.25, 0.3) is 0 Å². The highest BCUT2D eigenvalue weighted by Crippen LogP contribution is 2.11. The van der Waals surface area contributed by atoms with E-state index in [1.165, 1.54) is 5.56 Å². The topological polar surface area (TPSA) is 28.2 Å². The molecule has 1 aliphatic heterocycles. The maximum atomic E-state index is 4.36. The highest BCUT2D eigenvalue weighted by Gasteiger charge is 2.10. The minimum Gasteiger partial charge on any atom is -0.354 e. The van der Waals surface area contributed by atoms with Crippen LogP contribution in [0.4, 0.5) is 5.82 Å². The Balaban J connectivity index is 0.000000531. The van der Waals surface area contributed by atoms with Crippen LogP contribution in [-0.2, 0) is 0 Å². The third-order valence-electron chi connectivity index (χ3n) is 2.34. The second-order valence-electron chi connectivity index (χ2n) is 3.43. The van der Waals surface area contributed by atoms with Gasteiger partial charge >= 0.3 is 0 Å². The van der Waals surface area contributed by atoms with Crippen LogP contribution in [0, 0.1) is 6.92 Å². The van der Waals surface area contributed by atoms with E-state index in [0.29, 0.717) is 0 Å². The van der Waals surface area contributed by atoms with Gasteiger partial charge in [0, 0.05) is 32.4 Å². The second kappa shape index (κ2) is 6.40. The third kappa shape index (κ3) is 3.51. The molecule has 0 bridgehead atoms. The molecule has 0 radical (unpaired) electrons. The van der Waals surface area contributed by atoms with Gasteiger partial charge in [-0.25, -0.2) is 4.98 Å². The lowest BCUT2D eigenvalue weighted by atomic mass is 10.2. The molecule has 1 saturated heterocycles. The van der Waals surface area contributed by atoms with Crippen molar-refractivity contribution in [2.24, 2.45) is 0 Å². The number of nitrogens with one attached hydrogen (secondary N) is 1. The van der Waals surface area contributed by atoms with Gasteiger partial charge in [-0.05, 0) is 24.6 Å². The molecule has 0 aromatic carbocycles. The smallest absolute Gasteiger partial charge is 0.128 e. The monoisotopic (exact) mass is 207 g/mol. The van der Waals surface area contributed by atoms with Crippen molar-refractivity contribution >= 4 is 5.82 Å². The molecular weight excluding hydrogens is 186 g/mol. The van der Waals surface area contributed by atoms with Gasteiger partial charge in [0.1, 0.15) is 5.82 Å². The zero-order chi connectivity index (χ0) is 11.1. The molecule has 1 aromatic heterocycles. The number of hydrogen-bond donors (Lipinski definition) is 1. The maximum Gasteiger partial charge on any atom is 0.128 e. The zero-order valence-electron chi connectivity index (χ0n) is 9.95. The summed E-state index contributed by atoms with van der Waals surface area (Å²) in [5, 5.41) is 3.33. The highest BCUT2D eigenvalue weighted by molar-refractivity contribution is 5.41. The number of aryl methyl sites for hydroxylation is 1. The molecule has 0 amide bonds. The van der Waals surface area contributed by atoms with Crippen molar-refractivity contribution in [3.8, 4) is 0 Å². The summed E-state index contributed by atoms with van der Waals surface area (Å²) in [7, 11) is 0. The Morgan fingerprint density at radius 2 is 1.93 bits per heavy atom. The summed E-state index contributed by atoms with van der Waals surface area (Å²) in [5.41, 5.74) is 1.28. The van der Waals surface area contributed by atoms with Gasteiger partial charge in [0.05, 0.1) is 0 Å². The number of piperazine rings is 1. The number of hydrogen-bond acceptors (Lipinski definition) is 3. The summed E-state index contributed by atoms with van der Waals surface area (Å²) < 4.78 is 0. The number of anilines is 1. The van der Waals surface area contributed by atoms with E-state index in [0.717, 1.165) is 32.0 Å². The first-order valence-corrected chi connectivity index (χ1v) is 5.74. The van der Waals surface area contributed by atoms with Gasteiger partial charge in [-0.2, -0.15) is 0 Å². The largest absolute Gasteiger partial charge is 0.354 e. The van der Waals surface area contributed by atoms with Crippen LogP contribution in [0.25, 0.3) is 0 Å². The molecule has 0 atom stereocenters. The van der Waals surface area contributed by atoms with Crippen molar-refractivity contribution in [3.63, 3.8) is 0 Å². The van der Waals surface area contributed by atoms with Crippen LogP contribution in [0.1, 0.15) is 19.4 Å². The van der Waals surface area contributed by atoms with Crippen molar-refractivity contribution in [2.45, 2.75) is 20.8 Å². The third-order valence-corrected chi connectivity index (χ3v) is 2.34. The Morgan fingerprint density at radius 3 is 2.53 bits per heavy atom. The van der Waals surface area contributed by atoms with Crippen LogP contribution in [0.3, 0.4) is 0 Å². The Hall–Kier alpha value is -1.09. The Bertz CT molecular complexity index is 280. The fourth-order valence-corrected chi connectivity index (χ4v) is 1.59. The highest BCUT2D eigenvalue weighted by atomic mass is 15.2. The number of pyridine rings is 1. The molecule has 2 heterocycles. The molecule has 0 saturated carbocycles. The molecule has 1 fully saturated rings. The van der Waals surface area contributed by atoms with Gasteiger partial charge in [-0.3, -0.25) is 0 Å². The average Bonchev–Trinajstić information content (AvgIpc) is 2.33. The standard InChI is InChI=1S/C10H15N3.C2H6/c1-9-2-3-12-10(8-9)13-6-4-11-5-7-13;1-2/h2-3,8,11H,4-7H2,1H3;1-2H3. The molecular formula is C12H21N3. The molecule has 1 N–H and O–H groups in total. The van der Waals surface area contributed by atoms with Crippen LogP contribution in [0.2, 0.25) is 0 Å². The van der Waals surface area contributed by atoms with Crippen LogP contribution in [-0.4, -0.2) is 31.2 Å². The number of aromatic nitrogens is 1. The normalized spacial score (nSPS) is 15.5. The quantitative estimate of drug-likeness (QED) is 0.761. The molecule has 0 aliphatic carbocycles. The van der Waals surface area contributed by atoms with Crippen LogP contribution >= 0.6 is 0 Å². The fourth-order valence-electron chi connectivity index (χ4n) is 1.59. The van der Waals surface area contributed by atoms with E-state index in [4.69, 9.17) is 0 Å². The predicted octanol–water partition coefficient (Wildman–Crippen LogP) is 1.83. The van der Waals surface area contributed by atoms with Crippen molar-refractivity contribution in [2.75, 3.05) is 31.1 Å². The van der Waals surface area contributed by atoms with Crippen molar-refractivity contribution in [1.82, 2.24) is 10.3 Å². The Labute approximate surface area is 92.5 Å². The molecule has 1 aromatic rings. The predicted molar refractivity (Wildman–Crippen MR) is 65.4 cm³/mol. The first-order chi connectivity index (χ1) is 7.36. The summed E-state index contributed by atoms with van der Waals surface area (Å²) in [5.74, 6) is 1.11. The van der Waals surface area contributed by atoms with E-state index in [2.05, 4.69) is 28.2 Å². The zero-order valence-corrected chi connectivity index (χ0v) is 9.95. The van der Waals surface area contributed by atoms with Gasteiger partial charge < -0.3 is 10.2 Å². The summed E-state index contributed by atoms with van der Waals surface area (Å²) in [6.45, 7) is 10.4. The summed E-state index contributed by atoms with van der Waals surface area (Å²) in [6.07, 6.45) is 1.88. The molecule has 15 heavy (non-hydrogen) atoms. The SMILES string of the molecule is CC.Cc1ccnc(N2CCNCC2)c1. The van der Waals surface area contributed by atoms with Gasteiger partial charge in [0.2, 0.25) is 0 Å². The van der Waals surface area contributed by atoms with Gasteiger partial charge in [0.15, 0.2) is 0 Å². The Kier molecular flexibility index (Phi) is 5.12. The summed E-state index contributed by atoms with van der Waals surface area (Å²) in [6, 6.07) is 4.18. The number of rotatable bonds is 1. The van der Waals surface area contributed by atoms with Crippen molar-refractivity contribution in [1.29, 1.82) is 0 Å². The summed E-state index contributed by atoms with van der Waals surface area (Å²) >= 11 is 0. The first kappa shape index (κ1) is 12.0. The van der Waals surface area contributed by atoms with Crippen molar-refractivity contribution < 1.29 is 0 Å². The lowest BCUT2D eigenvalue weighted by Gasteiger charge is -2.28. The van der Waals surface area contributed by atoms with Gasteiger partial charge in [-0.15, -0.1) is 0 Å². The van der Waals surface area contributed by atoms with Crippen LogP contribution in [0.5, 0.6) is 0 Å². The average molecular weight is 207 g/mol. The van der Waals surface area contributed by atoms with Crippen LogP contribution in [0.15, 0.2) is 18.3 Å².